The predicted molar refractivity (Wildman–Crippen MR) is 51.7 cm³/mol. The number of pyridine rings is 1. The predicted octanol–water partition coefficient (Wildman–Crippen LogP) is 0.235. The number of nitrogens with zero attached hydrogens (tertiary/aromatic N) is 1. The molecular weight excluding hydrogens is 180 g/mol. The van der Waals surface area contributed by atoms with Gasteiger partial charge in [-0.05, 0) is 12.1 Å². The van der Waals surface area contributed by atoms with Crippen LogP contribution in [0, 0.1) is 0 Å². The van der Waals surface area contributed by atoms with Crippen molar-refractivity contribution in [3.63, 3.8) is 0 Å². The molecule has 1 aliphatic rings. The zero-order chi connectivity index (χ0) is 9.80. The van der Waals surface area contributed by atoms with Gasteiger partial charge in [0.25, 0.3) is 0 Å². The molecule has 1 aromatic rings. The van der Waals surface area contributed by atoms with E-state index in [2.05, 4.69) is 10.3 Å². The van der Waals surface area contributed by atoms with E-state index < -0.39 is 0 Å². The average molecular weight is 194 g/mol. The van der Waals surface area contributed by atoms with Crippen LogP contribution in [0.4, 0.5) is 0 Å². The molecule has 2 N–H and O–H groups in total. The Morgan fingerprint density at radius 3 is 3.21 bits per heavy atom. The second-order valence-electron chi connectivity index (χ2n) is 3.29. The molecule has 0 saturated carbocycles. The van der Waals surface area contributed by atoms with E-state index in [1.54, 1.807) is 0 Å². The molecule has 1 saturated heterocycles. The summed E-state index contributed by atoms with van der Waals surface area (Å²) in [5, 5.41) is 12.3. The van der Waals surface area contributed by atoms with Gasteiger partial charge in [-0.1, -0.05) is 6.07 Å². The summed E-state index contributed by atoms with van der Waals surface area (Å²) < 4.78 is 5.35. The van der Waals surface area contributed by atoms with Gasteiger partial charge in [0.15, 0.2) is 0 Å². The molecule has 0 aliphatic carbocycles. The minimum Gasteiger partial charge on any atom is -0.390 e. The van der Waals surface area contributed by atoms with Crippen molar-refractivity contribution in [1.29, 1.82) is 0 Å². The van der Waals surface area contributed by atoms with Crippen LogP contribution in [-0.2, 0) is 11.3 Å². The first-order valence-corrected chi connectivity index (χ1v) is 4.78. The van der Waals surface area contributed by atoms with E-state index in [4.69, 9.17) is 9.84 Å². The van der Waals surface area contributed by atoms with Crippen LogP contribution >= 0.6 is 0 Å². The summed E-state index contributed by atoms with van der Waals surface area (Å²) in [5.74, 6) is 0. The van der Waals surface area contributed by atoms with E-state index >= 15 is 0 Å². The fraction of sp³-hybridized carbons (Fsp3) is 0.500. The summed E-state index contributed by atoms with van der Waals surface area (Å²) in [6.07, 6.45) is 0. The first kappa shape index (κ1) is 9.58. The SMILES string of the molecule is OCc1cccc(C2COCCN2)n1. The summed E-state index contributed by atoms with van der Waals surface area (Å²) in [7, 11) is 0. The third-order valence-corrected chi connectivity index (χ3v) is 2.27. The third-order valence-electron chi connectivity index (χ3n) is 2.27. The zero-order valence-electron chi connectivity index (χ0n) is 7.94. The van der Waals surface area contributed by atoms with Gasteiger partial charge in [0.2, 0.25) is 0 Å². The lowest BCUT2D eigenvalue weighted by molar-refractivity contribution is 0.0754. The van der Waals surface area contributed by atoms with Gasteiger partial charge in [0, 0.05) is 6.54 Å². The molecule has 4 heteroatoms. The normalized spacial score (nSPS) is 22.2. The number of rotatable bonds is 2. The Morgan fingerprint density at radius 2 is 2.50 bits per heavy atom. The van der Waals surface area contributed by atoms with Gasteiger partial charge in [0.1, 0.15) is 0 Å². The summed E-state index contributed by atoms with van der Waals surface area (Å²) in [6.45, 7) is 2.26. The second-order valence-corrected chi connectivity index (χ2v) is 3.29. The molecule has 76 valence electrons. The molecule has 0 spiro atoms. The fourth-order valence-corrected chi connectivity index (χ4v) is 1.54. The van der Waals surface area contributed by atoms with Crippen LogP contribution in [0.3, 0.4) is 0 Å². The van der Waals surface area contributed by atoms with Crippen molar-refractivity contribution in [3.8, 4) is 0 Å². The Balaban J connectivity index is 2.13. The number of morpholine rings is 1. The summed E-state index contributed by atoms with van der Waals surface area (Å²) in [4.78, 5) is 4.32. The molecule has 0 bridgehead atoms. The zero-order valence-corrected chi connectivity index (χ0v) is 7.94. The summed E-state index contributed by atoms with van der Waals surface area (Å²) in [6, 6.07) is 5.83. The molecule has 14 heavy (non-hydrogen) atoms. The maximum Gasteiger partial charge on any atom is 0.0853 e. The number of aliphatic hydroxyl groups is 1. The van der Waals surface area contributed by atoms with Crippen LogP contribution in [0.5, 0.6) is 0 Å². The Morgan fingerprint density at radius 1 is 1.57 bits per heavy atom. The maximum absolute atomic E-state index is 8.95. The van der Waals surface area contributed by atoms with Gasteiger partial charge in [-0.25, -0.2) is 0 Å². The van der Waals surface area contributed by atoms with Crippen molar-refractivity contribution in [2.75, 3.05) is 19.8 Å². The smallest absolute Gasteiger partial charge is 0.0853 e. The van der Waals surface area contributed by atoms with E-state index in [1.807, 2.05) is 18.2 Å². The highest BCUT2D eigenvalue weighted by Gasteiger charge is 2.16. The molecule has 2 rings (SSSR count). The summed E-state index contributed by atoms with van der Waals surface area (Å²) >= 11 is 0. The van der Waals surface area contributed by atoms with Crippen molar-refractivity contribution in [2.45, 2.75) is 12.6 Å². The van der Waals surface area contributed by atoms with Crippen molar-refractivity contribution < 1.29 is 9.84 Å². The van der Waals surface area contributed by atoms with Gasteiger partial charge in [-0.3, -0.25) is 4.98 Å². The Bertz CT molecular complexity index is 298. The number of aromatic nitrogens is 1. The molecule has 1 aliphatic heterocycles. The van der Waals surface area contributed by atoms with Crippen LogP contribution in [0.1, 0.15) is 17.4 Å². The number of nitrogens with one attached hydrogen (secondary N) is 1. The standard InChI is InChI=1S/C10H14N2O2/c13-6-8-2-1-3-9(12-8)10-7-14-5-4-11-10/h1-3,10-11,13H,4-7H2. The van der Waals surface area contributed by atoms with Crippen LogP contribution in [-0.4, -0.2) is 29.8 Å². The Kier molecular flexibility index (Phi) is 3.08. The Labute approximate surface area is 82.9 Å². The monoisotopic (exact) mass is 194 g/mol. The molecule has 2 heterocycles. The number of hydrogen-bond acceptors (Lipinski definition) is 4. The number of hydrogen-bond donors (Lipinski definition) is 2. The van der Waals surface area contributed by atoms with Gasteiger partial charge < -0.3 is 15.2 Å². The lowest BCUT2D eigenvalue weighted by atomic mass is 10.1. The van der Waals surface area contributed by atoms with E-state index in [1.165, 1.54) is 0 Å². The molecule has 1 atom stereocenters. The first-order chi connectivity index (χ1) is 6.90. The van der Waals surface area contributed by atoms with Crippen molar-refractivity contribution in [3.05, 3.63) is 29.6 Å². The molecule has 0 aromatic carbocycles. The van der Waals surface area contributed by atoms with Crippen LogP contribution < -0.4 is 5.32 Å². The highest BCUT2D eigenvalue weighted by atomic mass is 16.5. The van der Waals surface area contributed by atoms with Gasteiger partial charge in [-0.15, -0.1) is 0 Å². The van der Waals surface area contributed by atoms with Crippen molar-refractivity contribution in [1.82, 2.24) is 10.3 Å². The molecule has 0 amide bonds. The molecule has 4 nitrogen and oxygen atoms in total. The van der Waals surface area contributed by atoms with Gasteiger partial charge in [-0.2, -0.15) is 0 Å². The minimum absolute atomic E-state index is 0.0125. The quantitative estimate of drug-likeness (QED) is 0.708. The molecule has 1 fully saturated rings. The Hall–Kier alpha value is -0.970. The highest BCUT2D eigenvalue weighted by molar-refractivity contribution is 5.14. The molecule has 1 aromatic heterocycles. The lowest BCUT2D eigenvalue weighted by Gasteiger charge is -2.23. The van der Waals surface area contributed by atoms with Gasteiger partial charge in [0.05, 0.1) is 37.3 Å². The summed E-state index contributed by atoms with van der Waals surface area (Å²) in [5.41, 5.74) is 1.64. The van der Waals surface area contributed by atoms with E-state index in [-0.39, 0.29) is 12.6 Å². The van der Waals surface area contributed by atoms with Crippen molar-refractivity contribution >= 4 is 0 Å². The lowest BCUT2D eigenvalue weighted by Crippen LogP contribution is -2.35. The van der Waals surface area contributed by atoms with E-state index in [0.29, 0.717) is 12.3 Å². The average Bonchev–Trinajstić information content (AvgIpc) is 2.30. The highest BCUT2D eigenvalue weighted by Crippen LogP contribution is 2.13. The van der Waals surface area contributed by atoms with E-state index in [0.717, 1.165) is 18.8 Å². The first-order valence-electron chi connectivity index (χ1n) is 4.78. The second kappa shape index (κ2) is 4.50. The molecule has 1 unspecified atom stereocenters. The molecule has 0 radical (unpaired) electrons. The minimum atomic E-state index is -0.0125. The van der Waals surface area contributed by atoms with Crippen LogP contribution in [0.15, 0.2) is 18.2 Å². The maximum atomic E-state index is 8.95. The third kappa shape index (κ3) is 2.09. The van der Waals surface area contributed by atoms with Crippen LogP contribution in [0.25, 0.3) is 0 Å². The topological polar surface area (TPSA) is 54.4 Å². The van der Waals surface area contributed by atoms with Gasteiger partial charge >= 0.3 is 0 Å². The van der Waals surface area contributed by atoms with E-state index in [9.17, 15) is 0 Å². The number of aliphatic hydroxyl groups excluding tert-OH is 1. The molecular formula is C10H14N2O2. The fourth-order valence-electron chi connectivity index (χ4n) is 1.54. The number of ether oxygens (including phenoxy) is 1. The van der Waals surface area contributed by atoms with Crippen LogP contribution in [0.2, 0.25) is 0 Å². The van der Waals surface area contributed by atoms with Crippen molar-refractivity contribution in [2.24, 2.45) is 0 Å². The largest absolute Gasteiger partial charge is 0.390 e.